The molecule has 0 aliphatic carbocycles. The highest BCUT2D eigenvalue weighted by Crippen LogP contribution is 2.30. The summed E-state index contributed by atoms with van der Waals surface area (Å²) in [5.41, 5.74) is 1.70. The van der Waals surface area contributed by atoms with E-state index in [1.807, 2.05) is 12.1 Å². The smallest absolute Gasteiger partial charge is 0.261 e. The van der Waals surface area contributed by atoms with E-state index < -0.39 is 0 Å². The SMILES string of the molecule is O=C(NCc1cccnc1)c1cc2nccc(Cl)c2s1. The second kappa shape index (κ2) is 5.56. The van der Waals surface area contributed by atoms with Gasteiger partial charge in [0.2, 0.25) is 0 Å². The molecule has 100 valence electrons. The van der Waals surface area contributed by atoms with Crippen molar-refractivity contribution in [2.75, 3.05) is 0 Å². The maximum atomic E-state index is 12.1. The Morgan fingerprint density at radius 1 is 1.35 bits per heavy atom. The van der Waals surface area contributed by atoms with E-state index in [1.54, 1.807) is 30.7 Å². The molecule has 0 aliphatic rings. The summed E-state index contributed by atoms with van der Waals surface area (Å²) in [5.74, 6) is -0.132. The first-order valence-electron chi connectivity index (χ1n) is 5.95. The van der Waals surface area contributed by atoms with Crippen LogP contribution in [0, 0.1) is 0 Å². The van der Waals surface area contributed by atoms with Crippen molar-refractivity contribution in [2.24, 2.45) is 0 Å². The summed E-state index contributed by atoms with van der Waals surface area (Å²) in [6, 6.07) is 7.23. The van der Waals surface area contributed by atoms with Gasteiger partial charge in [-0.25, -0.2) is 0 Å². The van der Waals surface area contributed by atoms with Gasteiger partial charge in [0, 0.05) is 25.1 Å². The fourth-order valence-electron chi connectivity index (χ4n) is 1.79. The van der Waals surface area contributed by atoms with Crippen molar-refractivity contribution in [1.82, 2.24) is 15.3 Å². The van der Waals surface area contributed by atoms with E-state index in [0.29, 0.717) is 16.4 Å². The molecule has 0 aromatic carbocycles. The number of carbonyl (C=O) groups is 1. The van der Waals surface area contributed by atoms with Crippen LogP contribution < -0.4 is 5.32 Å². The van der Waals surface area contributed by atoms with Crippen LogP contribution in [0.4, 0.5) is 0 Å². The van der Waals surface area contributed by atoms with Gasteiger partial charge in [-0.3, -0.25) is 14.8 Å². The maximum Gasteiger partial charge on any atom is 0.261 e. The summed E-state index contributed by atoms with van der Waals surface area (Å²) in [5, 5.41) is 3.47. The summed E-state index contributed by atoms with van der Waals surface area (Å²) >= 11 is 7.42. The summed E-state index contributed by atoms with van der Waals surface area (Å²) in [6.07, 6.45) is 5.06. The van der Waals surface area contributed by atoms with E-state index in [9.17, 15) is 4.79 Å². The Kier molecular flexibility index (Phi) is 3.62. The lowest BCUT2D eigenvalue weighted by Crippen LogP contribution is -2.21. The standard InChI is InChI=1S/C14H10ClN3OS/c15-10-3-5-17-11-6-12(20-13(10)11)14(19)18-8-9-2-1-4-16-7-9/h1-7H,8H2,(H,18,19). The summed E-state index contributed by atoms with van der Waals surface area (Å²) < 4.78 is 0.834. The molecule has 3 heterocycles. The first-order chi connectivity index (χ1) is 9.74. The first-order valence-corrected chi connectivity index (χ1v) is 7.14. The Labute approximate surface area is 124 Å². The Bertz CT molecular complexity index is 757. The molecule has 4 nitrogen and oxygen atoms in total. The lowest BCUT2D eigenvalue weighted by Gasteiger charge is -2.02. The number of hydrogen-bond donors (Lipinski definition) is 1. The number of carbonyl (C=O) groups excluding carboxylic acids is 1. The molecule has 0 saturated carbocycles. The monoisotopic (exact) mass is 303 g/mol. The number of rotatable bonds is 3. The molecule has 0 fully saturated rings. The third kappa shape index (κ3) is 2.64. The maximum absolute atomic E-state index is 12.1. The number of nitrogens with zero attached hydrogens (tertiary/aromatic N) is 2. The van der Waals surface area contributed by atoms with Crippen LogP contribution in [0.3, 0.4) is 0 Å². The second-order valence-corrected chi connectivity index (χ2v) is 5.62. The molecular formula is C14H10ClN3OS. The Balaban J connectivity index is 1.77. The molecule has 0 unspecified atom stereocenters. The summed E-state index contributed by atoms with van der Waals surface area (Å²) in [4.78, 5) is 20.9. The molecule has 0 bridgehead atoms. The van der Waals surface area contributed by atoms with E-state index >= 15 is 0 Å². The van der Waals surface area contributed by atoms with Crippen molar-refractivity contribution in [3.63, 3.8) is 0 Å². The highest BCUT2D eigenvalue weighted by atomic mass is 35.5. The molecule has 0 spiro atoms. The average Bonchev–Trinajstić information content (AvgIpc) is 2.91. The number of nitrogens with one attached hydrogen (secondary N) is 1. The minimum atomic E-state index is -0.132. The van der Waals surface area contributed by atoms with Gasteiger partial charge in [0.25, 0.3) is 5.91 Å². The third-order valence-corrected chi connectivity index (χ3v) is 4.35. The molecular weight excluding hydrogens is 294 g/mol. The molecule has 0 radical (unpaired) electrons. The fourth-order valence-corrected chi connectivity index (χ4v) is 3.00. The summed E-state index contributed by atoms with van der Waals surface area (Å²) in [7, 11) is 0. The van der Waals surface area contributed by atoms with Crippen LogP contribution in [0.2, 0.25) is 5.02 Å². The number of thiophene rings is 1. The highest BCUT2D eigenvalue weighted by molar-refractivity contribution is 7.21. The van der Waals surface area contributed by atoms with E-state index in [4.69, 9.17) is 11.6 Å². The Morgan fingerprint density at radius 3 is 3.00 bits per heavy atom. The van der Waals surface area contributed by atoms with Crippen LogP contribution in [-0.2, 0) is 6.54 Å². The van der Waals surface area contributed by atoms with E-state index in [1.165, 1.54) is 11.3 Å². The van der Waals surface area contributed by atoms with Gasteiger partial charge >= 0.3 is 0 Å². The number of halogens is 1. The van der Waals surface area contributed by atoms with E-state index in [0.717, 1.165) is 15.8 Å². The normalized spacial score (nSPS) is 10.7. The van der Waals surface area contributed by atoms with Crippen molar-refractivity contribution in [3.05, 3.63) is 58.3 Å². The molecule has 3 rings (SSSR count). The van der Waals surface area contributed by atoms with Crippen LogP contribution in [0.1, 0.15) is 15.2 Å². The number of fused-ring (bicyclic) bond motifs is 1. The van der Waals surface area contributed by atoms with Gasteiger partial charge in [0.1, 0.15) is 0 Å². The quantitative estimate of drug-likeness (QED) is 0.808. The van der Waals surface area contributed by atoms with Crippen molar-refractivity contribution >= 4 is 39.1 Å². The molecule has 0 atom stereocenters. The molecule has 1 amide bonds. The Hall–Kier alpha value is -1.98. The van der Waals surface area contributed by atoms with E-state index in [-0.39, 0.29) is 5.91 Å². The minimum Gasteiger partial charge on any atom is -0.347 e. The van der Waals surface area contributed by atoms with Crippen molar-refractivity contribution in [1.29, 1.82) is 0 Å². The molecule has 3 aromatic rings. The topological polar surface area (TPSA) is 54.9 Å². The fraction of sp³-hybridized carbons (Fsp3) is 0.0714. The van der Waals surface area contributed by atoms with Gasteiger partial charge in [-0.2, -0.15) is 0 Å². The number of hydrogen-bond acceptors (Lipinski definition) is 4. The van der Waals surface area contributed by atoms with E-state index in [2.05, 4.69) is 15.3 Å². The van der Waals surface area contributed by atoms with Gasteiger partial charge in [-0.15, -0.1) is 11.3 Å². The Morgan fingerprint density at radius 2 is 2.25 bits per heavy atom. The van der Waals surface area contributed by atoms with Crippen molar-refractivity contribution < 1.29 is 4.79 Å². The number of amides is 1. The van der Waals surface area contributed by atoms with Gasteiger partial charge in [0.05, 0.1) is 20.1 Å². The number of pyridine rings is 2. The van der Waals surface area contributed by atoms with Crippen LogP contribution in [-0.4, -0.2) is 15.9 Å². The van der Waals surface area contributed by atoms with Gasteiger partial charge < -0.3 is 5.32 Å². The third-order valence-electron chi connectivity index (χ3n) is 2.76. The van der Waals surface area contributed by atoms with Gasteiger partial charge in [0.15, 0.2) is 0 Å². The molecule has 20 heavy (non-hydrogen) atoms. The van der Waals surface area contributed by atoms with Crippen LogP contribution in [0.15, 0.2) is 42.9 Å². The van der Waals surface area contributed by atoms with Crippen molar-refractivity contribution in [2.45, 2.75) is 6.54 Å². The molecule has 1 N–H and O–H groups in total. The zero-order valence-electron chi connectivity index (χ0n) is 10.3. The predicted molar refractivity (Wildman–Crippen MR) is 80.0 cm³/mol. The average molecular weight is 304 g/mol. The summed E-state index contributed by atoms with van der Waals surface area (Å²) in [6.45, 7) is 0.447. The number of aromatic nitrogens is 2. The lowest BCUT2D eigenvalue weighted by molar-refractivity contribution is 0.0955. The zero-order chi connectivity index (χ0) is 13.9. The molecule has 3 aromatic heterocycles. The molecule has 6 heteroatoms. The molecule has 0 aliphatic heterocycles. The largest absolute Gasteiger partial charge is 0.347 e. The lowest BCUT2D eigenvalue weighted by atomic mass is 10.3. The van der Waals surface area contributed by atoms with Crippen molar-refractivity contribution in [3.8, 4) is 0 Å². The van der Waals surface area contributed by atoms with Crippen LogP contribution >= 0.6 is 22.9 Å². The minimum absolute atomic E-state index is 0.132. The highest BCUT2D eigenvalue weighted by Gasteiger charge is 2.12. The van der Waals surface area contributed by atoms with Gasteiger partial charge in [-0.05, 0) is 23.8 Å². The first kappa shape index (κ1) is 13.0. The zero-order valence-corrected chi connectivity index (χ0v) is 11.9. The predicted octanol–water partition coefficient (Wildman–Crippen LogP) is 3.27. The second-order valence-electron chi connectivity index (χ2n) is 4.16. The van der Waals surface area contributed by atoms with Gasteiger partial charge in [-0.1, -0.05) is 17.7 Å². The van der Waals surface area contributed by atoms with Crippen LogP contribution in [0.25, 0.3) is 10.2 Å². The van der Waals surface area contributed by atoms with Crippen LogP contribution in [0.5, 0.6) is 0 Å². The molecule has 0 saturated heterocycles.